The van der Waals surface area contributed by atoms with Crippen LogP contribution in [0.5, 0.6) is 0 Å². The molecule has 0 unspecified atom stereocenters. The van der Waals surface area contributed by atoms with Crippen LogP contribution < -0.4 is 0 Å². The van der Waals surface area contributed by atoms with E-state index in [1.165, 1.54) is 0 Å². The highest BCUT2D eigenvalue weighted by Crippen LogP contribution is 2.13. The molecule has 0 saturated carbocycles. The summed E-state index contributed by atoms with van der Waals surface area (Å²) in [5.74, 6) is -4.63. The molecule has 9 heteroatoms. The van der Waals surface area contributed by atoms with Crippen LogP contribution in [0.25, 0.3) is 0 Å². The first kappa shape index (κ1) is 13.6. The van der Waals surface area contributed by atoms with Crippen molar-refractivity contribution in [3.05, 3.63) is 46.8 Å². The maximum absolute atomic E-state index is 13.5. The first-order valence-corrected chi connectivity index (χ1v) is 5.24. The van der Waals surface area contributed by atoms with Crippen molar-refractivity contribution in [3.8, 4) is 0 Å². The van der Waals surface area contributed by atoms with Gasteiger partial charge < -0.3 is 10.2 Å². The number of halogens is 2. The van der Waals surface area contributed by atoms with Gasteiger partial charge in [0.15, 0.2) is 5.69 Å². The minimum absolute atomic E-state index is 0.172. The van der Waals surface area contributed by atoms with Crippen LogP contribution in [0.2, 0.25) is 0 Å². The van der Waals surface area contributed by atoms with Crippen molar-refractivity contribution in [3.63, 3.8) is 0 Å². The standard InChI is InChI=1S/C11H7F2N3O4/c12-6-1-2-7(13)5(3-6)4-16-9(11(19)20)8(10(17)18)14-15-16/h1-3H,4H2,(H,17,18)(H,19,20). The van der Waals surface area contributed by atoms with Gasteiger partial charge in [-0.3, -0.25) is 0 Å². The maximum Gasteiger partial charge on any atom is 0.359 e. The van der Waals surface area contributed by atoms with E-state index in [0.717, 1.165) is 18.2 Å². The number of benzene rings is 1. The van der Waals surface area contributed by atoms with E-state index >= 15 is 0 Å². The van der Waals surface area contributed by atoms with Crippen molar-refractivity contribution >= 4 is 11.9 Å². The molecule has 1 aromatic carbocycles. The highest BCUT2D eigenvalue weighted by molar-refractivity contribution is 5.98. The second-order valence-electron chi connectivity index (χ2n) is 3.79. The van der Waals surface area contributed by atoms with Crippen molar-refractivity contribution in [1.29, 1.82) is 0 Å². The Morgan fingerprint density at radius 3 is 2.50 bits per heavy atom. The molecule has 0 atom stereocenters. The third kappa shape index (κ3) is 2.46. The zero-order valence-corrected chi connectivity index (χ0v) is 9.75. The number of aromatic carboxylic acids is 2. The van der Waals surface area contributed by atoms with Gasteiger partial charge in [0, 0.05) is 5.56 Å². The second kappa shape index (κ2) is 5.03. The minimum atomic E-state index is -1.58. The van der Waals surface area contributed by atoms with Gasteiger partial charge in [0.25, 0.3) is 0 Å². The third-order valence-electron chi connectivity index (χ3n) is 2.47. The molecule has 0 aliphatic rings. The van der Waals surface area contributed by atoms with Gasteiger partial charge in [-0.1, -0.05) is 5.21 Å². The lowest BCUT2D eigenvalue weighted by Crippen LogP contribution is -2.15. The molecule has 1 aromatic heterocycles. The molecule has 20 heavy (non-hydrogen) atoms. The van der Waals surface area contributed by atoms with E-state index in [2.05, 4.69) is 10.3 Å². The first-order valence-electron chi connectivity index (χ1n) is 5.24. The monoisotopic (exact) mass is 283 g/mol. The summed E-state index contributed by atoms with van der Waals surface area (Å²) in [7, 11) is 0. The fourth-order valence-corrected chi connectivity index (χ4v) is 1.61. The fraction of sp³-hybridized carbons (Fsp3) is 0.0909. The molecule has 2 rings (SSSR count). The average Bonchev–Trinajstić information content (AvgIpc) is 2.78. The lowest BCUT2D eigenvalue weighted by atomic mass is 10.2. The first-order chi connectivity index (χ1) is 9.40. The number of aromatic nitrogens is 3. The molecule has 0 fully saturated rings. The number of carboxylic acid groups (broad SMARTS) is 2. The Labute approximate surface area is 110 Å². The molecule has 0 radical (unpaired) electrons. The Hall–Kier alpha value is -2.84. The van der Waals surface area contributed by atoms with Gasteiger partial charge in [0.2, 0.25) is 5.69 Å². The van der Waals surface area contributed by atoms with Gasteiger partial charge in [-0.2, -0.15) is 0 Å². The topological polar surface area (TPSA) is 105 Å². The summed E-state index contributed by atoms with van der Waals surface area (Å²) in [4.78, 5) is 21.8. The van der Waals surface area contributed by atoms with E-state index in [1.807, 2.05) is 0 Å². The van der Waals surface area contributed by atoms with Crippen molar-refractivity contribution < 1.29 is 28.6 Å². The van der Waals surface area contributed by atoms with Gasteiger partial charge >= 0.3 is 11.9 Å². The Bertz CT molecular complexity index is 699. The van der Waals surface area contributed by atoms with Crippen LogP contribution in [0, 0.1) is 11.6 Å². The van der Waals surface area contributed by atoms with Crippen LogP contribution in [0.4, 0.5) is 8.78 Å². The summed E-state index contributed by atoms with van der Waals surface area (Å²) in [5.41, 5.74) is -1.65. The summed E-state index contributed by atoms with van der Waals surface area (Å²) in [6.45, 7) is -0.453. The molecule has 7 nitrogen and oxygen atoms in total. The summed E-state index contributed by atoms with van der Waals surface area (Å²) in [6.07, 6.45) is 0. The maximum atomic E-state index is 13.5. The molecule has 104 valence electrons. The Morgan fingerprint density at radius 2 is 1.90 bits per heavy atom. The molecule has 2 aromatic rings. The van der Waals surface area contributed by atoms with Gasteiger partial charge in [0.1, 0.15) is 11.6 Å². The highest BCUT2D eigenvalue weighted by atomic mass is 19.1. The van der Waals surface area contributed by atoms with Crippen LogP contribution in [-0.2, 0) is 6.54 Å². The summed E-state index contributed by atoms with van der Waals surface area (Å²) < 4.78 is 27.2. The predicted octanol–water partition coefficient (Wildman–Crippen LogP) is 1.00. The lowest BCUT2D eigenvalue weighted by molar-refractivity contribution is 0.0640. The van der Waals surface area contributed by atoms with Gasteiger partial charge in [-0.05, 0) is 18.2 Å². The SMILES string of the molecule is O=C(O)c1nnn(Cc2cc(F)ccc2F)c1C(=O)O. The van der Waals surface area contributed by atoms with Crippen molar-refractivity contribution in [2.75, 3.05) is 0 Å². The van der Waals surface area contributed by atoms with Crippen LogP contribution in [0.15, 0.2) is 18.2 Å². The molecular weight excluding hydrogens is 276 g/mol. The third-order valence-corrected chi connectivity index (χ3v) is 2.47. The van der Waals surface area contributed by atoms with E-state index in [-0.39, 0.29) is 5.56 Å². The quantitative estimate of drug-likeness (QED) is 0.867. The van der Waals surface area contributed by atoms with E-state index in [9.17, 15) is 18.4 Å². The second-order valence-corrected chi connectivity index (χ2v) is 3.79. The summed E-state index contributed by atoms with van der Waals surface area (Å²) >= 11 is 0. The van der Waals surface area contributed by atoms with Crippen molar-refractivity contribution in [2.45, 2.75) is 6.54 Å². The van der Waals surface area contributed by atoms with Gasteiger partial charge in [-0.25, -0.2) is 23.1 Å². The Balaban J connectivity index is 2.46. The minimum Gasteiger partial charge on any atom is -0.476 e. The number of carbonyl (C=O) groups is 2. The zero-order valence-electron chi connectivity index (χ0n) is 9.75. The largest absolute Gasteiger partial charge is 0.476 e. The van der Waals surface area contributed by atoms with Crippen LogP contribution in [0.1, 0.15) is 26.5 Å². The Morgan fingerprint density at radius 1 is 1.20 bits per heavy atom. The van der Waals surface area contributed by atoms with E-state index in [1.54, 1.807) is 0 Å². The number of rotatable bonds is 4. The predicted molar refractivity (Wildman–Crippen MR) is 59.4 cm³/mol. The van der Waals surface area contributed by atoms with E-state index < -0.39 is 41.5 Å². The van der Waals surface area contributed by atoms with Crippen LogP contribution in [-0.4, -0.2) is 37.1 Å². The normalized spacial score (nSPS) is 10.5. The molecule has 0 aliphatic carbocycles. The van der Waals surface area contributed by atoms with Crippen molar-refractivity contribution in [2.24, 2.45) is 0 Å². The van der Waals surface area contributed by atoms with Gasteiger partial charge in [0.05, 0.1) is 6.54 Å². The van der Waals surface area contributed by atoms with Gasteiger partial charge in [-0.15, -0.1) is 5.10 Å². The lowest BCUT2D eigenvalue weighted by Gasteiger charge is -2.05. The van der Waals surface area contributed by atoms with E-state index in [4.69, 9.17) is 10.2 Å². The summed E-state index contributed by atoms with van der Waals surface area (Å²) in [6, 6.07) is 2.64. The molecule has 0 aliphatic heterocycles. The zero-order chi connectivity index (χ0) is 14.9. The molecule has 0 spiro atoms. The molecular formula is C11H7F2N3O4. The molecule has 0 saturated heterocycles. The number of nitrogens with zero attached hydrogens (tertiary/aromatic N) is 3. The smallest absolute Gasteiger partial charge is 0.359 e. The molecule has 0 bridgehead atoms. The molecule has 0 amide bonds. The number of carboxylic acids is 2. The number of hydrogen-bond acceptors (Lipinski definition) is 4. The van der Waals surface area contributed by atoms with Crippen LogP contribution in [0.3, 0.4) is 0 Å². The van der Waals surface area contributed by atoms with E-state index in [0.29, 0.717) is 4.68 Å². The summed E-state index contributed by atoms with van der Waals surface area (Å²) in [5, 5.41) is 24.3. The van der Waals surface area contributed by atoms with Crippen molar-refractivity contribution in [1.82, 2.24) is 15.0 Å². The highest BCUT2D eigenvalue weighted by Gasteiger charge is 2.25. The van der Waals surface area contributed by atoms with Crippen LogP contribution >= 0.6 is 0 Å². The fourth-order valence-electron chi connectivity index (χ4n) is 1.61. The Kier molecular flexibility index (Phi) is 3.42. The molecule has 1 heterocycles. The molecule has 2 N–H and O–H groups in total. The number of hydrogen-bond donors (Lipinski definition) is 2. The average molecular weight is 283 g/mol.